The van der Waals surface area contributed by atoms with Crippen molar-refractivity contribution in [3.63, 3.8) is 0 Å². The van der Waals surface area contributed by atoms with E-state index in [2.05, 4.69) is 21.1 Å². The molecule has 0 spiro atoms. The molecule has 2 aromatic rings. The number of hydrogen-bond acceptors (Lipinski definition) is 4. The number of hydrogen-bond donors (Lipinski definition) is 0. The van der Waals surface area contributed by atoms with Gasteiger partial charge in [0.2, 0.25) is 5.76 Å². The van der Waals surface area contributed by atoms with E-state index in [-0.39, 0.29) is 17.1 Å². The van der Waals surface area contributed by atoms with Crippen molar-refractivity contribution in [1.29, 1.82) is 0 Å². The van der Waals surface area contributed by atoms with E-state index >= 15 is 0 Å². The van der Waals surface area contributed by atoms with Crippen molar-refractivity contribution in [2.75, 3.05) is 0 Å². The minimum Gasteiger partial charge on any atom is -0.349 e. The van der Waals surface area contributed by atoms with Gasteiger partial charge in [-0.2, -0.15) is 0 Å². The molecule has 0 fully saturated rings. The van der Waals surface area contributed by atoms with Gasteiger partial charge in [-0.3, -0.25) is 10.1 Å². The summed E-state index contributed by atoms with van der Waals surface area (Å²) in [4.78, 5) is 10.3. The van der Waals surface area contributed by atoms with Gasteiger partial charge in [0.1, 0.15) is 0 Å². The van der Waals surface area contributed by atoms with Crippen LogP contribution >= 0.6 is 15.9 Å². The monoisotopic (exact) mass is 308 g/mol. The minimum absolute atomic E-state index is 0.0941. The summed E-state index contributed by atoms with van der Waals surface area (Å²) in [6.45, 7) is 1.54. The van der Waals surface area contributed by atoms with Crippen LogP contribution in [-0.4, -0.2) is 10.1 Å². The fourth-order valence-corrected chi connectivity index (χ4v) is 1.72. The highest BCUT2D eigenvalue weighted by molar-refractivity contribution is 9.10. The third kappa shape index (κ3) is 2.65. The second-order valence-corrected chi connectivity index (χ2v) is 4.54. The number of aryl methyl sites for hydroxylation is 1. The predicted molar refractivity (Wildman–Crippen MR) is 71.0 cm³/mol. The summed E-state index contributed by atoms with van der Waals surface area (Å²) in [6.07, 6.45) is 3.28. The van der Waals surface area contributed by atoms with Crippen molar-refractivity contribution in [2.24, 2.45) is 0 Å². The maximum absolute atomic E-state index is 10.8. The van der Waals surface area contributed by atoms with Gasteiger partial charge in [-0.25, -0.2) is 0 Å². The lowest BCUT2D eigenvalue weighted by atomic mass is 10.2. The molecule has 0 aliphatic rings. The van der Waals surface area contributed by atoms with Gasteiger partial charge in [0, 0.05) is 4.47 Å². The summed E-state index contributed by atoms with van der Waals surface area (Å²) in [7, 11) is 0. The summed E-state index contributed by atoms with van der Waals surface area (Å²) in [5.74, 6) is 0.153. The highest BCUT2D eigenvalue weighted by Crippen LogP contribution is 2.24. The van der Waals surface area contributed by atoms with Crippen LogP contribution in [-0.2, 0) is 0 Å². The molecule has 1 heterocycles. The van der Waals surface area contributed by atoms with Gasteiger partial charge in [-0.1, -0.05) is 39.3 Å². The lowest BCUT2D eigenvalue weighted by Gasteiger charge is -1.92. The lowest BCUT2D eigenvalue weighted by molar-refractivity contribution is -0.386. The Bertz CT molecular complexity index is 602. The Morgan fingerprint density at radius 3 is 2.61 bits per heavy atom. The van der Waals surface area contributed by atoms with E-state index in [0.29, 0.717) is 0 Å². The standard InChI is InChI=1S/C12H9BrN2O3/c1-8-12(15(16)17)11(18-14-8)7-4-9-2-5-10(13)6-3-9/h2-7H,1H3/b7-4+. The molecule has 0 aliphatic heterocycles. The number of aromatic nitrogens is 1. The zero-order chi connectivity index (χ0) is 13.1. The molecule has 18 heavy (non-hydrogen) atoms. The molecule has 0 bridgehead atoms. The molecule has 5 nitrogen and oxygen atoms in total. The summed E-state index contributed by atoms with van der Waals surface area (Å²) in [5, 5.41) is 14.4. The van der Waals surface area contributed by atoms with Gasteiger partial charge >= 0.3 is 5.69 Å². The number of rotatable bonds is 3. The summed E-state index contributed by atoms with van der Waals surface area (Å²) in [6, 6.07) is 7.55. The first kappa shape index (κ1) is 12.5. The fraction of sp³-hybridized carbons (Fsp3) is 0.0833. The minimum atomic E-state index is -0.493. The number of nitro groups is 1. The molecule has 2 rings (SSSR count). The van der Waals surface area contributed by atoms with E-state index in [1.807, 2.05) is 24.3 Å². The number of nitrogens with zero attached hydrogens (tertiary/aromatic N) is 2. The van der Waals surface area contributed by atoms with E-state index in [4.69, 9.17) is 4.52 Å². The first-order valence-corrected chi connectivity index (χ1v) is 5.91. The van der Waals surface area contributed by atoms with E-state index in [1.165, 1.54) is 0 Å². The number of benzene rings is 1. The fourth-order valence-electron chi connectivity index (χ4n) is 1.46. The van der Waals surface area contributed by atoms with Crippen molar-refractivity contribution in [3.05, 3.63) is 55.9 Å². The van der Waals surface area contributed by atoms with Gasteiger partial charge in [0.15, 0.2) is 5.69 Å². The van der Waals surface area contributed by atoms with Gasteiger partial charge < -0.3 is 4.52 Å². The van der Waals surface area contributed by atoms with Gasteiger partial charge in [-0.05, 0) is 30.7 Å². The van der Waals surface area contributed by atoms with E-state index in [0.717, 1.165) is 10.0 Å². The zero-order valence-electron chi connectivity index (χ0n) is 9.46. The quantitative estimate of drug-likeness (QED) is 0.638. The van der Waals surface area contributed by atoms with Crippen LogP contribution in [0.1, 0.15) is 17.0 Å². The van der Waals surface area contributed by atoms with Gasteiger partial charge in [0.25, 0.3) is 0 Å². The van der Waals surface area contributed by atoms with Crippen molar-refractivity contribution in [3.8, 4) is 0 Å². The molecule has 1 aromatic heterocycles. The smallest absolute Gasteiger partial charge is 0.338 e. The average Bonchev–Trinajstić information content (AvgIpc) is 2.70. The average molecular weight is 309 g/mol. The Kier molecular flexibility index (Phi) is 3.57. The Morgan fingerprint density at radius 2 is 2.00 bits per heavy atom. The Balaban J connectivity index is 2.29. The van der Waals surface area contributed by atoms with Crippen LogP contribution in [0, 0.1) is 17.0 Å². The molecule has 1 aromatic carbocycles. The first-order chi connectivity index (χ1) is 8.58. The highest BCUT2D eigenvalue weighted by Gasteiger charge is 2.21. The molecule has 0 aliphatic carbocycles. The lowest BCUT2D eigenvalue weighted by Crippen LogP contribution is -1.90. The molecule has 0 saturated heterocycles. The molecular weight excluding hydrogens is 300 g/mol. The van der Waals surface area contributed by atoms with Crippen molar-refractivity contribution in [2.45, 2.75) is 6.92 Å². The Morgan fingerprint density at radius 1 is 1.33 bits per heavy atom. The molecule has 6 heteroatoms. The van der Waals surface area contributed by atoms with E-state index in [9.17, 15) is 10.1 Å². The predicted octanol–water partition coefficient (Wildman–Crippen LogP) is 3.82. The SMILES string of the molecule is Cc1noc(/C=C/c2ccc(Br)cc2)c1[N+](=O)[O-]. The van der Waals surface area contributed by atoms with Gasteiger partial charge in [0.05, 0.1) is 4.92 Å². The molecule has 92 valence electrons. The van der Waals surface area contributed by atoms with Crippen LogP contribution in [0.2, 0.25) is 0 Å². The van der Waals surface area contributed by atoms with Crippen LogP contribution < -0.4 is 0 Å². The second kappa shape index (κ2) is 5.14. The van der Waals surface area contributed by atoms with E-state index < -0.39 is 4.92 Å². The number of halogens is 1. The third-order valence-electron chi connectivity index (χ3n) is 2.34. The van der Waals surface area contributed by atoms with Crippen molar-refractivity contribution in [1.82, 2.24) is 5.16 Å². The molecule has 0 N–H and O–H groups in total. The van der Waals surface area contributed by atoms with E-state index in [1.54, 1.807) is 19.1 Å². The summed E-state index contributed by atoms with van der Waals surface area (Å²) >= 11 is 3.33. The van der Waals surface area contributed by atoms with Crippen LogP contribution in [0.25, 0.3) is 12.2 Å². The molecule has 0 atom stereocenters. The molecule has 0 saturated carbocycles. The largest absolute Gasteiger partial charge is 0.349 e. The Labute approximate surface area is 111 Å². The Hall–Kier alpha value is -1.95. The van der Waals surface area contributed by atoms with Gasteiger partial charge in [-0.15, -0.1) is 0 Å². The highest BCUT2D eigenvalue weighted by atomic mass is 79.9. The topological polar surface area (TPSA) is 69.2 Å². The van der Waals surface area contributed by atoms with Crippen molar-refractivity contribution < 1.29 is 9.45 Å². The molecule has 0 radical (unpaired) electrons. The van der Waals surface area contributed by atoms with Crippen LogP contribution in [0.15, 0.2) is 33.3 Å². The molecule has 0 unspecified atom stereocenters. The molecule has 0 amide bonds. The third-order valence-corrected chi connectivity index (χ3v) is 2.87. The normalized spacial score (nSPS) is 11.0. The summed E-state index contributed by atoms with van der Waals surface area (Å²) < 4.78 is 5.89. The maximum atomic E-state index is 10.8. The van der Waals surface area contributed by atoms with Crippen molar-refractivity contribution >= 4 is 33.8 Å². The summed E-state index contributed by atoms with van der Waals surface area (Å²) in [5.41, 5.74) is 1.10. The first-order valence-electron chi connectivity index (χ1n) is 5.12. The van der Waals surface area contributed by atoms with Crippen LogP contribution in [0.4, 0.5) is 5.69 Å². The van der Waals surface area contributed by atoms with Crippen LogP contribution in [0.5, 0.6) is 0 Å². The second-order valence-electron chi connectivity index (χ2n) is 3.62. The zero-order valence-corrected chi connectivity index (χ0v) is 11.0. The van der Waals surface area contributed by atoms with Crippen LogP contribution in [0.3, 0.4) is 0 Å². The molecular formula is C12H9BrN2O3. The maximum Gasteiger partial charge on any atom is 0.338 e.